The van der Waals surface area contributed by atoms with Crippen LogP contribution < -0.4 is 10.1 Å². The molecule has 1 aromatic heterocycles. The van der Waals surface area contributed by atoms with Crippen LogP contribution in [0.25, 0.3) is 10.9 Å². The predicted molar refractivity (Wildman–Crippen MR) is 113 cm³/mol. The lowest BCUT2D eigenvalue weighted by Gasteiger charge is -2.44. The largest absolute Gasteiger partial charge is 0.487 e. The predicted octanol–water partition coefficient (Wildman–Crippen LogP) is 4.72. The van der Waals surface area contributed by atoms with E-state index in [0.29, 0.717) is 0 Å². The molecule has 3 aromatic rings. The Morgan fingerprint density at radius 3 is 2.81 bits per heavy atom. The minimum Gasteiger partial charge on any atom is -0.487 e. The number of nitrogens with zero attached hydrogens (tertiary/aromatic N) is 2. The second-order valence-corrected chi connectivity index (χ2v) is 8.47. The number of aromatic nitrogens is 2. The number of anilines is 1. The van der Waals surface area contributed by atoms with Crippen molar-refractivity contribution in [3.63, 3.8) is 0 Å². The summed E-state index contributed by atoms with van der Waals surface area (Å²) in [5, 5.41) is 4.75. The molecule has 1 unspecified atom stereocenters. The van der Waals surface area contributed by atoms with Gasteiger partial charge in [-0.2, -0.15) is 0 Å². The highest BCUT2D eigenvalue weighted by molar-refractivity contribution is 14.1. The summed E-state index contributed by atoms with van der Waals surface area (Å²) in [5.41, 5.74) is 1.97. The van der Waals surface area contributed by atoms with Crippen molar-refractivity contribution in [2.24, 2.45) is 0 Å². The lowest BCUT2D eigenvalue weighted by Crippen LogP contribution is -2.46. The van der Waals surface area contributed by atoms with E-state index in [4.69, 9.17) is 9.47 Å². The van der Waals surface area contributed by atoms with E-state index < -0.39 is 0 Å². The summed E-state index contributed by atoms with van der Waals surface area (Å²) in [7, 11) is 0. The van der Waals surface area contributed by atoms with Crippen LogP contribution in [0.4, 0.5) is 5.82 Å². The highest BCUT2D eigenvalue weighted by Gasteiger charge is 2.42. The van der Waals surface area contributed by atoms with Crippen molar-refractivity contribution >= 4 is 39.3 Å². The summed E-state index contributed by atoms with van der Waals surface area (Å²) in [6.07, 6.45) is 4.37. The molecule has 1 fully saturated rings. The highest BCUT2D eigenvalue weighted by Crippen LogP contribution is 2.45. The molecule has 2 aliphatic rings. The number of rotatable bonds is 2. The summed E-state index contributed by atoms with van der Waals surface area (Å²) in [6.45, 7) is 1.51. The topological polar surface area (TPSA) is 56.3 Å². The maximum atomic E-state index is 6.48. The van der Waals surface area contributed by atoms with E-state index in [9.17, 15) is 0 Å². The summed E-state index contributed by atoms with van der Waals surface area (Å²) in [5.74, 6) is 1.85. The molecule has 3 heterocycles. The molecule has 2 aromatic carbocycles. The number of ether oxygens (including phenoxy) is 2. The van der Waals surface area contributed by atoms with Crippen molar-refractivity contribution < 1.29 is 9.47 Å². The van der Waals surface area contributed by atoms with Gasteiger partial charge >= 0.3 is 0 Å². The molecule has 1 spiro atoms. The van der Waals surface area contributed by atoms with Gasteiger partial charge in [-0.3, -0.25) is 0 Å². The van der Waals surface area contributed by atoms with Crippen LogP contribution in [0.2, 0.25) is 0 Å². The monoisotopic (exact) mass is 473 g/mol. The van der Waals surface area contributed by atoms with Crippen molar-refractivity contribution in [1.82, 2.24) is 9.97 Å². The van der Waals surface area contributed by atoms with Crippen LogP contribution in [-0.4, -0.2) is 28.8 Å². The molecule has 5 rings (SSSR count). The Balaban J connectivity index is 1.55. The zero-order chi connectivity index (χ0) is 18.3. The van der Waals surface area contributed by atoms with E-state index in [2.05, 4.69) is 68.2 Å². The number of para-hydroxylation sites is 1. The number of hydrogen-bond acceptors (Lipinski definition) is 5. The second kappa shape index (κ2) is 6.91. The minimum absolute atomic E-state index is 0.143. The maximum Gasteiger partial charge on any atom is 0.137 e. The second-order valence-electron chi connectivity index (χ2n) is 7.22. The van der Waals surface area contributed by atoms with Gasteiger partial charge in [-0.1, -0.05) is 18.2 Å². The Bertz CT molecular complexity index is 988. The third-order valence-electron chi connectivity index (χ3n) is 5.51. The van der Waals surface area contributed by atoms with Gasteiger partial charge < -0.3 is 14.8 Å². The summed E-state index contributed by atoms with van der Waals surface area (Å²) in [6, 6.07) is 14.7. The maximum absolute atomic E-state index is 6.48. The molecule has 2 aliphatic heterocycles. The van der Waals surface area contributed by atoms with Crippen LogP contribution in [0.15, 0.2) is 48.8 Å². The first-order valence-corrected chi connectivity index (χ1v) is 10.3. The minimum atomic E-state index is -0.165. The fourth-order valence-corrected chi connectivity index (χ4v) is 4.60. The summed E-state index contributed by atoms with van der Waals surface area (Å²) < 4.78 is 13.2. The van der Waals surface area contributed by atoms with E-state index in [1.54, 1.807) is 6.33 Å². The van der Waals surface area contributed by atoms with Crippen LogP contribution in [0.3, 0.4) is 0 Å². The molecule has 0 saturated carbocycles. The van der Waals surface area contributed by atoms with Crippen LogP contribution >= 0.6 is 22.6 Å². The Labute approximate surface area is 171 Å². The van der Waals surface area contributed by atoms with Gasteiger partial charge in [0.15, 0.2) is 0 Å². The van der Waals surface area contributed by atoms with Crippen molar-refractivity contribution in [3.05, 3.63) is 57.9 Å². The molecule has 0 bridgehead atoms. The fraction of sp³-hybridized carbons (Fsp3) is 0.333. The molecule has 1 N–H and O–H groups in total. The van der Waals surface area contributed by atoms with E-state index in [0.717, 1.165) is 54.9 Å². The van der Waals surface area contributed by atoms with Crippen molar-refractivity contribution in [3.8, 4) is 5.75 Å². The van der Waals surface area contributed by atoms with Gasteiger partial charge in [0.05, 0.1) is 24.8 Å². The van der Waals surface area contributed by atoms with Crippen molar-refractivity contribution in [2.75, 3.05) is 18.5 Å². The molecule has 0 aliphatic carbocycles. The molecule has 27 heavy (non-hydrogen) atoms. The Kier molecular flexibility index (Phi) is 4.40. The average Bonchev–Trinajstić information content (AvgIpc) is 2.69. The summed E-state index contributed by atoms with van der Waals surface area (Å²) in [4.78, 5) is 8.97. The van der Waals surface area contributed by atoms with Gasteiger partial charge in [0.2, 0.25) is 0 Å². The average molecular weight is 473 g/mol. The van der Waals surface area contributed by atoms with E-state index in [-0.39, 0.29) is 11.6 Å². The number of nitrogens with one attached hydrogen (secondary N) is 1. The number of hydrogen-bond donors (Lipinski definition) is 1. The molecule has 6 heteroatoms. The van der Waals surface area contributed by atoms with Gasteiger partial charge in [0, 0.05) is 33.8 Å². The van der Waals surface area contributed by atoms with E-state index in [1.807, 2.05) is 12.1 Å². The number of benzene rings is 2. The third-order valence-corrected chi connectivity index (χ3v) is 6.18. The molecule has 138 valence electrons. The first kappa shape index (κ1) is 17.2. The van der Waals surface area contributed by atoms with Crippen LogP contribution in [0.1, 0.15) is 30.9 Å². The van der Waals surface area contributed by atoms with Crippen LogP contribution in [0.5, 0.6) is 5.75 Å². The molecule has 5 nitrogen and oxygen atoms in total. The molecular weight excluding hydrogens is 453 g/mol. The van der Waals surface area contributed by atoms with Gasteiger partial charge in [-0.05, 0) is 46.9 Å². The number of fused-ring (bicyclic) bond motifs is 2. The Morgan fingerprint density at radius 1 is 1.07 bits per heavy atom. The quantitative estimate of drug-likeness (QED) is 0.546. The van der Waals surface area contributed by atoms with Crippen LogP contribution in [0, 0.1) is 3.57 Å². The first-order chi connectivity index (χ1) is 13.2. The Morgan fingerprint density at radius 2 is 1.93 bits per heavy atom. The fourth-order valence-electron chi connectivity index (χ4n) is 4.11. The van der Waals surface area contributed by atoms with Crippen LogP contribution in [-0.2, 0) is 4.74 Å². The zero-order valence-electron chi connectivity index (χ0n) is 14.8. The smallest absolute Gasteiger partial charge is 0.137 e. The standard InChI is InChI=1S/C21H20IN3O2/c22-14-5-6-17-16(11-14)20(24-13-23-17)25-18-12-21(7-9-26-10-8-21)27-19-4-2-1-3-15(18)19/h1-6,11,13,18H,7-10,12H2,(H,23,24,25). The highest BCUT2D eigenvalue weighted by atomic mass is 127. The molecular formula is C21H20IN3O2. The number of halogens is 1. The Hall–Kier alpha value is -1.93. The lowest BCUT2D eigenvalue weighted by molar-refractivity contribution is -0.0608. The molecule has 1 atom stereocenters. The lowest BCUT2D eigenvalue weighted by atomic mass is 9.82. The molecule has 0 amide bonds. The molecule has 1 saturated heterocycles. The van der Waals surface area contributed by atoms with E-state index in [1.165, 1.54) is 9.13 Å². The van der Waals surface area contributed by atoms with Crippen molar-refractivity contribution in [1.29, 1.82) is 0 Å². The van der Waals surface area contributed by atoms with Gasteiger partial charge in [-0.25, -0.2) is 9.97 Å². The normalized spacial score (nSPS) is 20.9. The SMILES string of the molecule is Ic1ccc2ncnc(NC3CC4(CCOCC4)Oc4ccccc43)c2c1. The van der Waals surface area contributed by atoms with Crippen molar-refractivity contribution in [2.45, 2.75) is 30.9 Å². The van der Waals surface area contributed by atoms with Gasteiger partial charge in [0.1, 0.15) is 23.5 Å². The third kappa shape index (κ3) is 3.25. The van der Waals surface area contributed by atoms with E-state index >= 15 is 0 Å². The zero-order valence-corrected chi connectivity index (χ0v) is 17.0. The van der Waals surface area contributed by atoms with Gasteiger partial charge in [-0.15, -0.1) is 0 Å². The van der Waals surface area contributed by atoms with Gasteiger partial charge in [0.25, 0.3) is 0 Å². The first-order valence-electron chi connectivity index (χ1n) is 9.25. The summed E-state index contributed by atoms with van der Waals surface area (Å²) >= 11 is 2.33. The molecule has 0 radical (unpaired) electrons.